The third-order valence-corrected chi connectivity index (χ3v) is 6.20. The number of imidazole rings is 1. The lowest BCUT2D eigenvalue weighted by Gasteiger charge is -2.32. The maximum atomic E-state index is 12.8. The summed E-state index contributed by atoms with van der Waals surface area (Å²) in [5.74, 6) is 0.958. The maximum Gasteiger partial charge on any atom is 0.332 e. The van der Waals surface area contributed by atoms with Crippen molar-refractivity contribution in [3.05, 3.63) is 20.8 Å². The normalized spacial score (nSPS) is 17.8. The molecule has 0 radical (unpaired) electrons. The molecule has 2 fully saturated rings. The number of aryl methyl sites for hydroxylation is 2. The van der Waals surface area contributed by atoms with E-state index in [1.807, 2.05) is 9.47 Å². The van der Waals surface area contributed by atoms with Crippen LogP contribution in [0.2, 0.25) is 0 Å². The van der Waals surface area contributed by atoms with E-state index in [0.717, 1.165) is 36.7 Å². The van der Waals surface area contributed by atoms with E-state index in [1.165, 1.54) is 11.6 Å². The van der Waals surface area contributed by atoms with Gasteiger partial charge in [0.05, 0.1) is 0 Å². The molecule has 0 aromatic carbocycles. The number of likely N-dealkylation sites (tertiary alicyclic amines) is 1. The van der Waals surface area contributed by atoms with Gasteiger partial charge in [-0.15, -0.1) is 0 Å². The molecular formula is C21H31N5O4. The second kappa shape index (κ2) is 7.92. The SMILES string of the molecule is CC(C)CCn1c(OC2CCN(C(=O)C3CC3)CC2)nc2c1c(=O)n(C)c(=O)n2C. The van der Waals surface area contributed by atoms with Crippen LogP contribution in [-0.2, 0) is 25.4 Å². The Morgan fingerprint density at radius 2 is 1.77 bits per heavy atom. The van der Waals surface area contributed by atoms with Crippen LogP contribution in [0, 0.1) is 11.8 Å². The van der Waals surface area contributed by atoms with Gasteiger partial charge in [0.1, 0.15) is 6.10 Å². The first-order valence-electron chi connectivity index (χ1n) is 10.9. The van der Waals surface area contributed by atoms with E-state index in [0.29, 0.717) is 42.7 Å². The van der Waals surface area contributed by atoms with Crippen LogP contribution in [-0.4, -0.2) is 48.7 Å². The Hall–Kier alpha value is -2.58. The fraction of sp³-hybridized carbons (Fsp3) is 0.714. The van der Waals surface area contributed by atoms with Crippen molar-refractivity contribution in [1.29, 1.82) is 0 Å². The summed E-state index contributed by atoms with van der Waals surface area (Å²) >= 11 is 0. The molecule has 0 atom stereocenters. The summed E-state index contributed by atoms with van der Waals surface area (Å²) in [6.07, 6.45) is 4.31. The zero-order valence-electron chi connectivity index (χ0n) is 18.3. The molecule has 1 saturated heterocycles. The Balaban J connectivity index is 1.61. The summed E-state index contributed by atoms with van der Waals surface area (Å²) in [5.41, 5.74) is -0.0108. The number of hydrogen-bond acceptors (Lipinski definition) is 5. The summed E-state index contributed by atoms with van der Waals surface area (Å²) < 4.78 is 10.6. The largest absolute Gasteiger partial charge is 0.461 e. The van der Waals surface area contributed by atoms with Gasteiger partial charge in [-0.05, 0) is 25.2 Å². The second-order valence-corrected chi connectivity index (χ2v) is 9.02. The van der Waals surface area contributed by atoms with Crippen molar-refractivity contribution in [2.24, 2.45) is 25.9 Å². The van der Waals surface area contributed by atoms with Gasteiger partial charge in [0, 0.05) is 52.5 Å². The van der Waals surface area contributed by atoms with Crippen molar-refractivity contribution in [2.75, 3.05) is 13.1 Å². The standard InChI is InChI=1S/C21H31N5O4/c1-13(2)7-12-26-16-17(23(3)21(29)24(4)19(16)28)22-20(26)30-15-8-10-25(11-9-15)18(27)14-5-6-14/h13-15H,5-12H2,1-4H3. The third-order valence-electron chi connectivity index (χ3n) is 6.20. The van der Waals surface area contributed by atoms with Crippen LogP contribution in [0.25, 0.3) is 11.2 Å². The number of fused-ring (bicyclic) bond motifs is 1. The van der Waals surface area contributed by atoms with Gasteiger partial charge in [-0.3, -0.25) is 23.3 Å². The number of nitrogens with zero attached hydrogens (tertiary/aromatic N) is 5. The van der Waals surface area contributed by atoms with Gasteiger partial charge < -0.3 is 9.64 Å². The summed E-state index contributed by atoms with van der Waals surface area (Å²) in [6.45, 7) is 6.22. The highest BCUT2D eigenvalue weighted by Gasteiger charge is 2.35. The van der Waals surface area contributed by atoms with E-state index in [2.05, 4.69) is 18.8 Å². The van der Waals surface area contributed by atoms with Gasteiger partial charge in [-0.1, -0.05) is 13.8 Å². The predicted octanol–water partition coefficient (Wildman–Crippen LogP) is 1.26. The van der Waals surface area contributed by atoms with Gasteiger partial charge in [-0.2, -0.15) is 4.98 Å². The molecule has 3 heterocycles. The van der Waals surface area contributed by atoms with Gasteiger partial charge in [0.2, 0.25) is 5.91 Å². The van der Waals surface area contributed by atoms with E-state index < -0.39 is 5.69 Å². The first kappa shape index (κ1) is 20.7. The van der Waals surface area contributed by atoms with Crippen molar-refractivity contribution in [3.8, 4) is 6.01 Å². The fourth-order valence-corrected chi connectivity index (χ4v) is 4.04. The smallest absolute Gasteiger partial charge is 0.332 e. The molecule has 1 amide bonds. The highest BCUT2D eigenvalue weighted by molar-refractivity contribution is 5.81. The van der Waals surface area contributed by atoms with Crippen LogP contribution in [0.3, 0.4) is 0 Å². The lowest BCUT2D eigenvalue weighted by molar-refractivity contribution is -0.134. The summed E-state index contributed by atoms with van der Waals surface area (Å²) in [5, 5.41) is 0. The monoisotopic (exact) mass is 417 g/mol. The number of carbonyl (C=O) groups excluding carboxylic acids is 1. The Bertz CT molecular complexity index is 1070. The molecule has 1 aliphatic carbocycles. The minimum absolute atomic E-state index is 0.0660. The molecule has 164 valence electrons. The van der Waals surface area contributed by atoms with Crippen molar-refractivity contribution >= 4 is 17.1 Å². The summed E-state index contributed by atoms with van der Waals surface area (Å²) in [6, 6.07) is 0.385. The first-order chi connectivity index (χ1) is 14.3. The van der Waals surface area contributed by atoms with Gasteiger partial charge in [0.25, 0.3) is 11.6 Å². The van der Waals surface area contributed by atoms with Crippen molar-refractivity contribution < 1.29 is 9.53 Å². The molecular weight excluding hydrogens is 386 g/mol. The number of ether oxygens (including phenoxy) is 1. The lowest BCUT2D eigenvalue weighted by atomic mass is 10.1. The Labute approximate surface area is 175 Å². The molecule has 2 aliphatic rings. The molecule has 9 nitrogen and oxygen atoms in total. The molecule has 1 aliphatic heterocycles. The lowest BCUT2D eigenvalue weighted by Crippen LogP contribution is -2.42. The van der Waals surface area contributed by atoms with E-state index in [1.54, 1.807) is 7.05 Å². The Morgan fingerprint density at radius 3 is 2.37 bits per heavy atom. The molecule has 0 bridgehead atoms. The molecule has 2 aromatic heterocycles. The highest BCUT2D eigenvalue weighted by Crippen LogP contribution is 2.32. The summed E-state index contributed by atoms with van der Waals surface area (Å²) in [4.78, 5) is 44.0. The van der Waals surface area contributed by atoms with E-state index in [-0.39, 0.29) is 23.5 Å². The number of rotatable bonds is 6. The molecule has 0 N–H and O–H groups in total. The first-order valence-corrected chi connectivity index (χ1v) is 10.9. The molecule has 0 spiro atoms. The van der Waals surface area contributed by atoms with Crippen LogP contribution < -0.4 is 16.0 Å². The van der Waals surface area contributed by atoms with E-state index >= 15 is 0 Å². The number of carbonyl (C=O) groups is 1. The van der Waals surface area contributed by atoms with E-state index in [4.69, 9.17) is 4.74 Å². The average molecular weight is 418 g/mol. The molecule has 0 unspecified atom stereocenters. The van der Waals surface area contributed by atoms with Crippen LogP contribution in [0.15, 0.2) is 9.59 Å². The Kier molecular flexibility index (Phi) is 5.46. The van der Waals surface area contributed by atoms with Crippen LogP contribution >= 0.6 is 0 Å². The molecule has 4 rings (SSSR count). The summed E-state index contributed by atoms with van der Waals surface area (Å²) in [7, 11) is 3.10. The zero-order chi connectivity index (χ0) is 21.6. The topological polar surface area (TPSA) is 91.4 Å². The van der Waals surface area contributed by atoms with Gasteiger partial charge in [0.15, 0.2) is 11.2 Å². The molecule has 30 heavy (non-hydrogen) atoms. The fourth-order valence-electron chi connectivity index (χ4n) is 4.04. The van der Waals surface area contributed by atoms with Crippen molar-refractivity contribution in [2.45, 2.75) is 58.6 Å². The quantitative estimate of drug-likeness (QED) is 0.706. The van der Waals surface area contributed by atoms with Crippen LogP contribution in [0.5, 0.6) is 6.01 Å². The van der Waals surface area contributed by atoms with Crippen molar-refractivity contribution in [1.82, 2.24) is 23.6 Å². The third kappa shape index (κ3) is 3.77. The molecule has 9 heteroatoms. The zero-order valence-corrected chi connectivity index (χ0v) is 18.3. The van der Waals surface area contributed by atoms with Gasteiger partial charge in [-0.25, -0.2) is 4.79 Å². The molecule has 2 aromatic rings. The molecule has 1 saturated carbocycles. The maximum absolute atomic E-state index is 12.8. The number of aromatic nitrogens is 4. The highest BCUT2D eigenvalue weighted by atomic mass is 16.5. The number of piperidine rings is 1. The number of hydrogen-bond donors (Lipinski definition) is 0. The van der Waals surface area contributed by atoms with E-state index in [9.17, 15) is 14.4 Å². The van der Waals surface area contributed by atoms with Crippen LogP contribution in [0.4, 0.5) is 0 Å². The number of amides is 1. The minimum atomic E-state index is -0.403. The Morgan fingerprint density at radius 1 is 1.10 bits per heavy atom. The predicted molar refractivity (Wildman–Crippen MR) is 113 cm³/mol. The van der Waals surface area contributed by atoms with Gasteiger partial charge >= 0.3 is 5.69 Å². The second-order valence-electron chi connectivity index (χ2n) is 9.02. The van der Waals surface area contributed by atoms with Crippen LogP contribution in [0.1, 0.15) is 46.0 Å². The van der Waals surface area contributed by atoms with Crippen molar-refractivity contribution in [3.63, 3.8) is 0 Å². The minimum Gasteiger partial charge on any atom is -0.461 e. The average Bonchev–Trinajstić information content (AvgIpc) is 3.51.